The van der Waals surface area contributed by atoms with Crippen LogP contribution in [-0.4, -0.2) is 27.8 Å². The Balaban J connectivity index is 1.96. The number of aromatic nitrogens is 2. The van der Waals surface area contributed by atoms with Crippen LogP contribution in [0, 0.1) is 12.7 Å². The molecule has 0 radical (unpaired) electrons. The fourth-order valence-corrected chi connectivity index (χ4v) is 1.67. The number of carbonyl (C=O) groups is 1. The summed E-state index contributed by atoms with van der Waals surface area (Å²) < 4.78 is 13.4. The second kappa shape index (κ2) is 5.62. The van der Waals surface area contributed by atoms with Crippen molar-refractivity contribution in [3.05, 3.63) is 53.1 Å². The van der Waals surface area contributed by atoms with Crippen molar-refractivity contribution in [1.29, 1.82) is 0 Å². The van der Waals surface area contributed by atoms with E-state index in [1.165, 1.54) is 18.2 Å². The molecule has 1 amide bonds. The van der Waals surface area contributed by atoms with E-state index in [1.54, 1.807) is 19.1 Å². The normalized spacial score (nSPS) is 12.2. The molecule has 0 bridgehead atoms. The third kappa shape index (κ3) is 3.17. The lowest BCUT2D eigenvalue weighted by atomic mass is 10.1. The van der Waals surface area contributed by atoms with Crippen molar-refractivity contribution >= 4 is 5.91 Å². The molecular weight excluding hydrogens is 249 g/mol. The van der Waals surface area contributed by atoms with Crippen molar-refractivity contribution in [1.82, 2.24) is 15.5 Å². The Bertz CT molecular complexity index is 583. The zero-order valence-corrected chi connectivity index (χ0v) is 10.4. The van der Waals surface area contributed by atoms with E-state index in [0.717, 1.165) is 5.69 Å². The molecule has 0 fully saturated rings. The van der Waals surface area contributed by atoms with Gasteiger partial charge in [0.2, 0.25) is 0 Å². The first-order valence-electron chi connectivity index (χ1n) is 5.80. The third-order valence-electron chi connectivity index (χ3n) is 2.66. The summed E-state index contributed by atoms with van der Waals surface area (Å²) in [6.07, 6.45) is -1.09. The summed E-state index contributed by atoms with van der Waals surface area (Å²) in [5.41, 5.74) is 1.15. The number of aliphatic hydroxyl groups excluding tert-OH is 1. The molecule has 5 nitrogen and oxygen atoms in total. The molecule has 1 heterocycles. The molecule has 3 N–H and O–H groups in total. The predicted octanol–water partition coefficient (Wildman–Crippen LogP) is 1.32. The molecule has 0 spiro atoms. The van der Waals surface area contributed by atoms with Crippen molar-refractivity contribution < 1.29 is 14.3 Å². The Morgan fingerprint density at radius 2 is 2.26 bits per heavy atom. The van der Waals surface area contributed by atoms with E-state index >= 15 is 0 Å². The minimum Gasteiger partial charge on any atom is -0.386 e. The molecule has 0 saturated carbocycles. The molecular formula is C13H14FN3O2. The lowest BCUT2D eigenvalue weighted by Gasteiger charge is -2.12. The number of hydrogen-bond donors (Lipinski definition) is 3. The Morgan fingerprint density at radius 1 is 1.53 bits per heavy atom. The number of benzene rings is 1. The van der Waals surface area contributed by atoms with Crippen molar-refractivity contribution in [2.45, 2.75) is 13.0 Å². The van der Waals surface area contributed by atoms with Gasteiger partial charge in [0.15, 0.2) is 0 Å². The summed E-state index contributed by atoms with van der Waals surface area (Å²) in [6.45, 7) is 1.70. The van der Waals surface area contributed by atoms with Gasteiger partial charge in [-0.2, -0.15) is 5.10 Å². The number of halogens is 1. The number of nitrogens with one attached hydrogen (secondary N) is 2. The first kappa shape index (κ1) is 13.2. The van der Waals surface area contributed by atoms with Gasteiger partial charge in [-0.1, -0.05) is 18.2 Å². The van der Waals surface area contributed by atoms with Crippen LogP contribution in [0.3, 0.4) is 0 Å². The molecule has 100 valence electrons. The van der Waals surface area contributed by atoms with E-state index in [0.29, 0.717) is 0 Å². The fourth-order valence-electron chi connectivity index (χ4n) is 1.67. The van der Waals surface area contributed by atoms with Crippen molar-refractivity contribution in [2.24, 2.45) is 0 Å². The molecule has 0 saturated heterocycles. The van der Waals surface area contributed by atoms with Gasteiger partial charge >= 0.3 is 0 Å². The van der Waals surface area contributed by atoms with Gasteiger partial charge in [0.05, 0.1) is 6.10 Å². The molecule has 1 aromatic carbocycles. The molecule has 6 heteroatoms. The van der Waals surface area contributed by atoms with E-state index in [1.807, 2.05) is 0 Å². The molecule has 19 heavy (non-hydrogen) atoms. The molecule has 1 aromatic heterocycles. The number of amides is 1. The Morgan fingerprint density at radius 3 is 2.89 bits per heavy atom. The number of rotatable bonds is 4. The lowest BCUT2D eigenvalue weighted by molar-refractivity contribution is 0.0909. The van der Waals surface area contributed by atoms with E-state index in [4.69, 9.17) is 0 Å². The highest BCUT2D eigenvalue weighted by molar-refractivity contribution is 5.92. The van der Waals surface area contributed by atoms with Gasteiger partial charge in [-0.05, 0) is 19.1 Å². The quantitative estimate of drug-likeness (QED) is 0.778. The number of carbonyl (C=O) groups excluding carboxylic acids is 1. The Labute approximate surface area is 109 Å². The monoisotopic (exact) mass is 263 g/mol. The highest BCUT2D eigenvalue weighted by atomic mass is 19.1. The SMILES string of the molecule is Cc1cc(C(=O)NCC(O)c2ccccc2F)n[nH]1. The maximum atomic E-state index is 13.4. The summed E-state index contributed by atoms with van der Waals surface area (Å²) in [6, 6.07) is 7.49. The molecule has 2 rings (SSSR count). The van der Waals surface area contributed by atoms with Crippen LogP contribution in [0.15, 0.2) is 30.3 Å². The smallest absolute Gasteiger partial charge is 0.271 e. The average molecular weight is 263 g/mol. The second-order valence-corrected chi connectivity index (χ2v) is 4.18. The molecule has 0 aliphatic rings. The van der Waals surface area contributed by atoms with Gasteiger partial charge in [-0.15, -0.1) is 0 Å². The van der Waals surface area contributed by atoms with Crippen molar-refractivity contribution in [2.75, 3.05) is 6.54 Å². The van der Waals surface area contributed by atoms with E-state index in [2.05, 4.69) is 15.5 Å². The minimum atomic E-state index is -1.09. The first-order chi connectivity index (χ1) is 9.08. The standard InChI is InChI=1S/C13H14FN3O2/c1-8-6-11(17-16-8)13(19)15-7-12(18)9-4-2-3-5-10(9)14/h2-6,12,18H,7H2,1H3,(H,15,19)(H,16,17). The van der Waals surface area contributed by atoms with Crippen LogP contribution in [0.25, 0.3) is 0 Å². The Kier molecular flexibility index (Phi) is 3.91. The fraction of sp³-hybridized carbons (Fsp3) is 0.231. The number of hydrogen-bond acceptors (Lipinski definition) is 3. The van der Waals surface area contributed by atoms with Gasteiger partial charge in [0.1, 0.15) is 11.5 Å². The maximum Gasteiger partial charge on any atom is 0.271 e. The highest BCUT2D eigenvalue weighted by Crippen LogP contribution is 2.15. The molecule has 0 aliphatic carbocycles. The van der Waals surface area contributed by atoms with Crippen LogP contribution in [0.2, 0.25) is 0 Å². The number of H-pyrrole nitrogens is 1. The van der Waals surface area contributed by atoms with Crippen LogP contribution in [0.4, 0.5) is 4.39 Å². The van der Waals surface area contributed by atoms with Crippen LogP contribution < -0.4 is 5.32 Å². The van der Waals surface area contributed by atoms with Gasteiger partial charge < -0.3 is 10.4 Å². The molecule has 2 aromatic rings. The van der Waals surface area contributed by atoms with E-state index in [9.17, 15) is 14.3 Å². The molecule has 1 unspecified atom stereocenters. The van der Waals surface area contributed by atoms with Crippen molar-refractivity contribution in [3.63, 3.8) is 0 Å². The molecule has 1 atom stereocenters. The van der Waals surface area contributed by atoms with E-state index < -0.39 is 17.8 Å². The average Bonchev–Trinajstić information content (AvgIpc) is 2.83. The minimum absolute atomic E-state index is 0.0777. The van der Waals surface area contributed by atoms with Crippen LogP contribution in [-0.2, 0) is 0 Å². The van der Waals surface area contributed by atoms with Crippen LogP contribution >= 0.6 is 0 Å². The predicted molar refractivity (Wildman–Crippen MR) is 67.0 cm³/mol. The summed E-state index contributed by atoms with van der Waals surface area (Å²) in [5, 5.41) is 18.8. The van der Waals surface area contributed by atoms with E-state index in [-0.39, 0.29) is 17.8 Å². The summed E-state index contributed by atoms with van der Waals surface area (Å²) in [4.78, 5) is 11.7. The Hall–Kier alpha value is -2.21. The highest BCUT2D eigenvalue weighted by Gasteiger charge is 2.15. The van der Waals surface area contributed by atoms with Gasteiger partial charge in [-0.3, -0.25) is 9.89 Å². The van der Waals surface area contributed by atoms with Gasteiger partial charge in [0, 0.05) is 17.8 Å². The topological polar surface area (TPSA) is 78.0 Å². The van der Waals surface area contributed by atoms with Gasteiger partial charge in [0.25, 0.3) is 5.91 Å². The summed E-state index contributed by atoms with van der Waals surface area (Å²) in [7, 11) is 0. The third-order valence-corrected chi connectivity index (χ3v) is 2.66. The maximum absolute atomic E-state index is 13.4. The van der Waals surface area contributed by atoms with Crippen LogP contribution in [0.1, 0.15) is 27.8 Å². The zero-order chi connectivity index (χ0) is 13.8. The summed E-state index contributed by atoms with van der Waals surface area (Å²) in [5.74, 6) is -0.917. The zero-order valence-electron chi connectivity index (χ0n) is 10.4. The van der Waals surface area contributed by atoms with Crippen molar-refractivity contribution in [3.8, 4) is 0 Å². The van der Waals surface area contributed by atoms with Gasteiger partial charge in [-0.25, -0.2) is 4.39 Å². The van der Waals surface area contributed by atoms with Crippen LogP contribution in [0.5, 0.6) is 0 Å². The lowest BCUT2D eigenvalue weighted by Crippen LogP contribution is -2.29. The first-order valence-corrected chi connectivity index (χ1v) is 5.80. The largest absolute Gasteiger partial charge is 0.386 e. The number of aryl methyl sites for hydroxylation is 1. The summed E-state index contributed by atoms with van der Waals surface area (Å²) >= 11 is 0. The number of aromatic amines is 1. The molecule has 0 aliphatic heterocycles. The second-order valence-electron chi connectivity index (χ2n) is 4.18. The number of aliphatic hydroxyl groups is 1. The number of nitrogens with zero attached hydrogens (tertiary/aromatic N) is 1.